The highest BCUT2D eigenvalue weighted by molar-refractivity contribution is 4.72. The van der Waals surface area contributed by atoms with Gasteiger partial charge in [-0.1, -0.05) is 6.08 Å². The van der Waals surface area contributed by atoms with Gasteiger partial charge in [0.1, 0.15) is 0 Å². The molecule has 0 aliphatic carbocycles. The molecule has 0 aliphatic rings. The van der Waals surface area contributed by atoms with Crippen LogP contribution in [0.5, 0.6) is 0 Å². The number of hydrogen-bond acceptors (Lipinski definition) is 1. The SMILES string of the molecule is C=CC.CCn1ccnc1. The minimum Gasteiger partial charge on any atom is -0.338 e. The predicted molar refractivity (Wildman–Crippen MR) is 43.8 cm³/mol. The average Bonchev–Trinajstić information content (AvgIpc) is 2.39. The minimum absolute atomic E-state index is 1.01. The Kier molecular flexibility index (Phi) is 5.44. The number of rotatable bonds is 1. The first kappa shape index (κ1) is 8.95. The third-order valence-corrected chi connectivity index (χ3v) is 0.924. The maximum atomic E-state index is 3.86. The second-order valence-electron chi connectivity index (χ2n) is 1.80. The van der Waals surface area contributed by atoms with Crippen molar-refractivity contribution in [2.24, 2.45) is 0 Å². The summed E-state index contributed by atoms with van der Waals surface area (Å²) in [5.41, 5.74) is 0. The summed E-state index contributed by atoms with van der Waals surface area (Å²) >= 11 is 0. The number of aromatic nitrogens is 2. The van der Waals surface area contributed by atoms with Gasteiger partial charge in [-0.3, -0.25) is 0 Å². The van der Waals surface area contributed by atoms with E-state index in [9.17, 15) is 0 Å². The molecule has 0 unspecified atom stereocenters. The van der Waals surface area contributed by atoms with Crippen LogP contribution in [0.3, 0.4) is 0 Å². The van der Waals surface area contributed by atoms with Gasteiger partial charge in [-0.2, -0.15) is 0 Å². The molecule has 0 spiro atoms. The minimum atomic E-state index is 1.01. The quantitative estimate of drug-likeness (QED) is 0.543. The van der Waals surface area contributed by atoms with Gasteiger partial charge in [-0.05, 0) is 13.8 Å². The molecule has 56 valence electrons. The van der Waals surface area contributed by atoms with Crippen molar-refractivity contribution < 1.29 is 0 Å². The summed E-state index contributed by atoms with van der Waals surface area (Å²) in [7, 11) is 0. The second-order valence-corrected chi connectivity index (χ2v) is 1.80. The zero-order chi connectivity index (χ0) is 7.82. The van der Waals surface area contributed by atoms with Crippen LogP contribution >= 0.6 is 0 Å². The molecule has 1 rings (SSSR count). The molecular weight excluding hydrogens is 124 g/mol. The van der Waals surface area contributed by atoms with Gasteiger partial charge in [-0.25, -0.2) is 4.98 Å². The summed E-state index contributed by atoms with van der Waals surface area (Å²) in [6, 6.07) is 0. The van der Waals surface area contributed by atoms with Crippen molar-refractivity contribution in [1.29, 1.82) is 0 Å². The van der Waals surface area contributed by atoms with Crippen LogP contribution in [0.1, 0.15) is 13.8 Å². The topological polar surface area (TPSA) is 17.8 Å². The van der Waals surface area contributed by atoms with Crippen molar-refractivity contribution in [3.05, 3.63) is 31.4 Å². The van der Waals surface area contributed by atoms with Crippen molar-refractivity contribution in [3.8, 4) is 0 Å². The molecular formula is C8H14N2. The molecule has 0 fully saturated rings. The van der Waals surface area contributed by atoms with Gasteiger partial charge in [0, 0.05) is 18.9 Å². The van der Waals surface area contributed by atoms with E-state index in [0.29, 0.717) is 0 Å². The van der Waals surface area contributed by atoms with E-state index in [0.717, 1.165) is 6.54 Å². The lowest BCUT2D eigenvalue weighted by molar-refractivity contribution is 0.761. The number of aryl methyl sites for hydroxylation is 1. The summed E-state index contributed by atoms with van der Waals surface area (Å²) < 4.78 is 2.01. The molecule has 0 bridgehead atoms. The number of imidazole rings is 1. The normalized spacial score (nSPS) is 7.80. The van der Waals surface area contributed by atoms with Crippen LogP contribution in [-0.4, -0.2) is 9.55 Å². The van der Waals surface area contributed by atoms with Crippen molar-refractivity contribution in [2.75, 3.05) is 0 Å². The Morgan fingerprint density at radius 1 is 1.70 bits per heavy atom. The van der Waals surface area contributed by atoms with Gasteiger partial charge in [-0.15, -0.1) is 6.58 Å². The Morgan fingerprint density at radius 2 is 2.30 bits per heavy atom. The van der Waals surface area contributed by atoms with E-state index in [1.54, 1.807) is 18.6 Å². The molecule has 10 heavy (non-hydrogen) atoms. The fraction of sp³-hybridized carbons (Fsp3) is 0.375. The van der Waals surface area contributed by atoms with Crippen LogP contribution in [-0.2, 0) is 6.54 Å². The molecule has 0 aliphatic heterocycles. The van der Waals surface area contributed by atoms with E-state index >= 15 is 0 Å². The molecule has 0 aromatic carbocycles. The molecule has 0 saturated carbocycles. The van der Waals surface area contributed by atoms with Gasteiger partial charge in [0.15, 0.2) is 0 Å². The van der Waals surface area contributed by atoms with E-state index in [-0.39, 0.29) is 0 Å². The molecule has 2 nitrogen and oxygen atoms in total. The smallest absolute Gasteiger partial charge is 0.0945 e. The molecule has 1 heterocycles. The first-order valence-electron chi connectivity index (χ1n) is 3.38. The van der Waals surface area contributed by atoms with E-state index in [1.807, 2.05) is 17.7 Å². The highest BCUT2D eigenvalue weighted by atomic mass is 15.0. The highest BCUT2D eigenvalue weighted by Gasteiger charge is 1.77. The number of nitrogens with zero attached hydrogens (tertiary/aromatic N) is 2. The Bertz CT molecular complexity index is 154. The maximum absolute atomic E-state index is 3.86. The lowest BCUT2D eigenvalue weighted by Crippen LogP contribution is -1.85. The van der Waals surface area contributed by atoms with E-state index in [2.05, 4.69) is 18.5 Å². The summed E-state index contributed by atoms with van der Waals surface area (Å²) in [4.78, 5) is 3.86. The van der Waals surface area contributed by atoms with Gasteiger partial charge >= 0.3 is 0 Å². The second kappa shape index (κ2) is 6.08. The summed E-state index contributed by atoms with van der Waals surface area (Å²) in [6.45, 7) is 8.35. The fourth-order valence-corrected chi connectivity index (χ4v) is 0.474. The summed E-state index contributed by atoms with van der Waals surface area (Å²) in [5.74, 6) is 0. The van der Waals surface area contributed by atoms with Crippen LogP contribution < -0.4 is 0 Å². The van der Waals surface area contributed by atoms with Crippen molar-refractivity contribution in [3.63, 3.8) is 0 Å². The third kappa shape index (κ3) is 3.89. The van der Waals surface area contributed by atoms with Crippen molar-refractivity contribution >= 4 is 0 Å². The van der Waals surface area contributed by atoms with Gasteiger partial charge in [0.05, 0.1) is 6.33 Å². The Balaban J connectivity index is 0.000000236. The summed E-state index contributed by atoms with van der Waals surface area (Å²) in [6.07, 6.45) is 7.28. The zero-order valence-electron chi connectivity index (χ0n) is 6.62. The van der Waals surface area contributed by atoms with Crippen LogP contribution in [0.2, 0.25) is 0 Å². The molecule has 1 aromatic rings. The monoisotopic (exact) mass is 138 g/mol. The molecule has 0 amide bonds. The highest BCUT2D eigenvalue weighted by Crippen LogP contribution is 1.81. The van der Waals surface area contributed by atoms with E-state index in [1.165, 1.54) is 0 Å². The van der Waals surface area contributed by atoms with Crippen molar-refractivity contribution in [1.82, 2.24) is 9.55 Å². The lowest BCUT2D eigenvalue weighted by atomic mass is 10.7. The Labute approximate surface area is 62.2 Å². The zero-order valence-corrected chi connectivity index (χ0v) is 6.62. The predicted octanol–water partition coefficient (Wildman–Crippen LogP) is 2.10. The maximum Gasteiger partial charge on any atom is 0.0945 e. The van der Waals surface area contributed by atoms with Gasteiger partial charge in [0.25, 0.3) is 0 Å². The van der Waals surface area contributed by atoms with Gasteiger partial charge in [0.2, 0.25) is 0 Å². The standard InChI is InChI=1S/C5H8N2.C3H6/c1-2-7-4-3-6-5-7;1-3-2/h3-5H,2H2,1H3;3H,1H2,2H3. The van der Waals surface area contributed by atoms with Crippen molar-refractivity contribution in [2.45, 2.75) is 20.4 Å². The number of hydrogen-bond donors (Lipinski definition) is 0. The van der Waals surface area contributed by atoms with E-state index in [4.69, 9.17) is 0 Å². The molecule has 2 heteroatoms. The fourth-order valence-electron chi connectivity index (χ4n) is 0.474. The van der Waals surface area contributed by atoms with Crippen LogP contribution in [0.4, 0.5) is 0 Å². The third-order valence-electron chi connectivity index (χ3n) is 0.924. The van der Waals surface area contributed by atoms with Crippen LogP contribution in [0.15, 0.2) is 31.4 Å². The summed E-state index contributed by atoms with van der Waals surface area (Å²) in [5, 5.41) is 0. The van der Waals surface area contributed by atoms with E-state index < -0.39 is 0 Å². The molecule has 0 N–H and O–H groups in total. The average molecular weight is 138 g/mol. The molecule has 0 radical (unpaired) electrons. The lowest BCUT2D eigenvalue weighted by Gasteiger charge is -1.87. The first-order valence-corrected chi connectivity index (χ1v) is 3.38. The number of allylic oxidation sites excluding steroid dienone is 1. The molecule has 0 saturated heterocycles. The van der Waals surface area contributed by atoms with Crippen LogP contribution in [0, 0.1) is 0 Å². The Hall–Kier alpha value is -1.05. The molecule has 0 atom stereocenters. The first-order chi connectivity index (χ1) is 4.85. The Morgan fingerprint density at radius 3 is 2.50 bits per heavy atom. The largest absolute Gasteiger partial charge is 0.338 e. The molecule has 1 aromatic heterocycles. The van der Waals surface area contributed by atoms with Gasteiger partial charge < -0.3 is 4.57 Å². The van der Waals surface area contributed by atoms with Crippen LogP contribution in [0.25, 0.3) is 0 Å².